The topological polar surface area (TPSA) is 220 Å². The highest BCUT2D eigenvalue weighted by molar-refractivity contribution is 6.09. The molecule has 0 saturated carbocycles. The molecule has 0 radical (unpaired) electrons. The van der Waals surface area contributed by atoms with Crippen LogP contribution in [0.25, 0.3) is 10.8 Å². The standard InChI is InChI=1S/C38H29N5O11/c1-20(2)31-32-21(3)29(33(41(32)34(31)44)37(47)53-35(45)22-8-13-25(14-9-22)42(49)50)19-40(30-17-12-24(18-39)27-6-4-5-7-28(27)30)38(48)54-36(46)23-10-15-26(16-11-23)43(51)52/h4-17,20-21,31-32H,19H2,1-3H3/t21-,31+,32+/m0/s1. The smallest absolute Gasteiger partial charge is 0.385 e. The van der Waals surface area contributed by atoms with E-state index in [0.717, 1.165) is 53.4 Å². The molecule has 0 unspecified atom stereocenters. The molecule has 1 fully saturated rings. The number of esters is 3. The van der Waals surface area contributed by atoms with Crippen molar-refractivity contribution in [1.82, 2.24) is 4.90 Å². The summed E-state index contributed by atoms with van der Waals surface area (Å²) in [6.45, 7) is 4.98. The minimum atomic E-state index is -1.22. The second-order valence-electron chi connectivity index (χ2n) is 12.9. The molecule has 54 heavy (non-hydrogen) atoms. The van der Waals surface area contributed by atoms with Crippen molar-refractivity contribution >= 4 is 57.7 Å². The number of non-ortho nitro benzene ring substituents is 2. The van der Waals surface area contributed by atoms with Crippen LogP contribution in [0, 0.1) is 49.3 Å². The fourth-order valence-electron chi connectivity index (χ4n) is 6.89. The summed E-state index contributed by atoms with van der Waals surface area (Å²) in [5.41, 5.74) is -0.577. The first-order valence-corrected chi connectivity index (χ1v) is 16.5. The van der Waals surface area contributed by atoms with Gasteiger partial charge in [-0.25, -0.2) is 19.2 Å². The van der Waals surface area contributed by atoms with Gasteiger partial charge in [-0.1, -0.05) is 45.0 Å². The molecule has 2 aliphatic rings. The summed E-state index contributed by atoms with van der Waals surface area (Å²) < 4.78 is 10.5. The number of hydrogen-bond donors (Lipinski definition) is 0. The van der Waals surface area contributed by atoms with Gasteiger partial charge in [0.25, 0.3) is 11.4 Å². The van der Waals surface area contributed by atoms with E-state index in [1.165, 1.54) is 17.0 Å². The van der Waals surface area contributed by atoms with E-state index in [1.54, 1.807) is 31.2 Å². The van der Waals surface area contributed by atoms with Crippen LogP contribution in [-0.4, -0.2) is 57.2 Å². The van der Waals surface area contributed by atoms with Crippen molar-refractivity contribution in [3.8, 4) is 6.07 Å². The quantitative estimate of drug-likeness (QED) is 0.0628. The molecule has 3 atom stereocenters. The minimum Gasteiger partial charge on any atom is -0.385 e. The number of β-lactam (4-membered cyclic amide) rings is 1. The van der Waals surface area contributed by atoms with E-state index in [-0.39, 0.29) is 50.9 Å². The Morgan fingerprint density at radius 1 is 0.815 bits per heavy atom. The first-order valence-electron chi connectivity index (χ1n) is 16.5. The molecule has 2 aliphatic heterocycles. The fraction of sp³-hybridized carbons (Fsp3) is 0.211. The molecule has 2 amide bonds. The van der Waals surface area contributed by atoms with Crippen LogP contribution < -0.4 is 4.90 Å². The number of anilines is 1. The number of nitrogens with zero attached hydrogens (tertiary/aromatic N) is 5. The second kappa shape index (κ2) is 14.4. The Morgan fingerprint density at radius 2 is 1.35 bits per heavy atom. The molecule has 272 valence electrons. The van der Waals surface area contributed by atoms with Crippen LogP contribution in [0.2, 0.25) is 0 Å². The molecular formula is C38H29N5O11. The van der Waals surface area contributed by atoms with Crippen LogP contribution in [0.15, 0.2) is 96.2 Å². The van der Waals surface area contributed by atoms with Gasteiger partial charge in [0.05, 0.1) is 56.8 Å². The lowest BCUT2D eigenvalue weighted by atomic mass is 9.74. The number of hydrogen-bond acceptors (Lipinski definition) is 12. The Kier molecular flexibility index (Phi) is 9.73. The average Bonchev–Trinajstić information content (AvgIpc) is 3.40. The maximum Gasteiger partial charge on any atom is 0.422 e. The van der Waals surface area contributed by atoms with Gasteiger partial charge in [-0.15, -0.1) is 0 Å². The third-order valence-corrected chi connectivity index (χ3v) is 9.56. The maximum atomic E-state index is 14.1. The van der Waals surface area contributed by atoms with Gasteiger partial charge in [0.15, 0.2) is 0 Å². The third-order valence-electron chi connectivity index (χ3n) is 9.56. The summed E-state index contributed by atoms with van der Waals surface area (Å²) in [5, 5.41) is 32.9. The van der Waals surface area contributed by atoms with E-state index >= 15 is 0 Å². The van der Waals surface area contributed by atoms with Gasteiger partial charge in [0.2, 0.25) is 5.91 Å². The third kappa shape index (κ3) is 6.50. The summed E-state index contributed by atoms with van der Waals surface area (Å²) >= 11 is 0. The number of carbonyl (C=O) groups excluding carboxylic acids is 5. The van der Waals surface area contributed by atoms with Crippen molar-refractivity contribution in [3.05, 3.63) is 133 Å². The lowest BCUT2D eigenvalue weighted by Gasteiger charge is -2.47. The van der Waals surface area contributed by atoms with Gasteiger partial charge in [0, 0.05) is 41.0 Å². The highest BCUT2D eigenvalue weighted by atomic mass is 16.6. The number of nitro groups is 2. The molecule has 2 heterocycles. The van der Waals surface area contributed by atoms with Crippen LogP contribution in [0.3, 0.4) is 0 Å². The number of amides is 2. The molecular weight excluding hydrogens is 702 g/mol. The lowest BCUT2D eigenvalue weighted by Crippen LogP contribution is -2.62. The molecule has 0 spiro atoms. The maximum absolute atomic E-state index is 14.1. The molecule has 0 aliphatic carbocycles. The van der Waals surface area contributed by atoms with Gasteiger partial charge >= 0.3 is 24.0 Å². The van der Waals surface area contributed by atoms with Crippen LogP contribution in [-0.2, 0) is 19.1 Å². The molecule has 16 heteroatoms. The van der Waals surface area contributed by atoms with Gasteiger partial charge in [-0.05, 0) is 47.9 Å². The Hall–Kier alpha value is -7.28. The number of fused-ring (bicyclic) bond motifs is 2. The molecule has 1 saturated heterocycles. The van der Waals surface area contributed by atoms with Crippen molar-refractivity contribution < 1.29 is 43.3 Å². The van der Waals surface area contributed by atoms with Crippen LogP contribution >= 0.6 is 0 Å². The van der Waals surface area contributed by atoms with E-state index in [0.29, 0.717) is 10.8 Å². The Balaban J connectivity index is 1.42. The predicted octanol–water partition coefficient (Wildman–Crippen LogP) is 6.08. The first-order chi connectivity index (χ1) is 25.7. The normalized spacial score (nSPS) is 17.4. The second-order valence-corrected chi connectivity index (χ2v) is 12.9. The van der Waals surface area contributed by atoms with Crippen LogP contribution in [0.1, 0.15) is 47.1 Å². The van der Waals surface area contributed by atoms with Gasteiger partial charge in [-0.2, -0.15) is 5.26 Å². The molecule has 4 aromatic carbocycles. The number of carbonyl (C=O) groups is 5. The molecule has 4 aromatic rings. The van der Waals surface area contributed by atoms with Gasteiger partial charge in [0.1, 0.15) is 5.70 Å². The van der Waals surface area contributed by atoms with E-state index < -0.39 is 64.2 Å². The highest BCUT2D eigenvalue weighted by Gasteiger charge is 2.59. The molecule has 6 rings (SSSR count). The molecule has 0 N–H and O–H groups in total. The Labute approximate surface area is 306 Å². The number of nitriles is 1. The van der Waals surface area contributed by atoms with Crippen LogP contribution in [0.4, 0.5) is 21.9 Å². The van der Waals surface area contributed by atoms with E-state index in [1.807, 2.05) is 13.8 Å². The minimum absolute atomic E-state index is 0.151. The van der Waals surface area contributed by atoms with Gasteiger partial charge < -0.3 is 14.4 Å². The molecule has 0 aromatic heterocycles. The zero-order chi connectivity index (χ0) is 39.0. The SMILES string of the molecule is CC(C)[C@H]1C(=O)N2C(C(=O)OC(=O)c3ccc([N+](=O)[O-])cc3)=C(CN(C(=O)OC(=O)c3ccc([N+](=O)[O-])cc3)c3ccc(C#N)c4ccccc34)[C@H](C)[C@H]12. The average molecular weight is 732 g/mol. The monoisotopic (exact) mass is 731 g/mol. The van der Waals surface area contributed by atoms with Crippen LogP contribution in [0.5, 0.6) is 0 Å². The largest absolute Gasteiger partial charge is 0.422 e. The zero-order valence-electron chi connectivity index (χ0n) is 28.8. The number of ether oxygens (including phenoxy) is 2. The number of rotatable bonds is 9. The predicted molar refractivity (Wildman–Crippen MR) is 189 cm³/mol. The van der Waals surface area contributed by atoms with Crippen molar-refractivity contribution in [3.63, 3.8) is 0 Å². The summed E-state index contributed by atoms with van der Waals surface area (Å²) in [6, 6.07) is 19.9. The molecule has 0 bridgehead atoms. The summed E-state index contributed by atoms with van der Waals surface area (Å²) in [5.74, 6) is -5.16. The van der Waals surface area contributed by atoms with Gasteiger partial charge in [-0.3, -0.25) is 29.9 Å². The van der Waals surface area contributed by atoms with Crippen molar-refractivity contribution in [2.45, 2.75) is 26.8 Å². The fourth-order valence-corrected chi connectivity index (χ4v) is 6.89. The summed E-state index contributed by atoms with van der Waals surface area (Å²) in [6.07, 6.45) is -1.22. The Morgan fingerprint density at radius 3 is 1.87 bits per heavy atom. The van der Waals surface area contributed by atoms with E-state index in [9.17, 15) is 49.5 Å². The van der Waals surface area contributed by atoms with E-state index in [2.05, 4.69) is 6.07 Å². The number of nitro benzene ring substituents is 2. The highest BCUT2D eigenvalue weighted by Crippen LogP contribution is 2.49. The zero-order valence-corrected chi connectivity index (χ0v) is 28.8. The van der Waals surface area contributed by atoms with Crippen molar-refractivity contribution in [2.24, 2.45) is 17.8 Å². The first kappa shape index (κ1) is 36.5. The lowest BCUT2D eigenvalue weighted by molar-refractivity contribution is -0.385. The van der Waals surface area contributed by atoms with Crippen molar-refractivity contribution in [1.29, 1.82) is 5.26 Å². The summed E-state index contributed by atoms with van der Waals surface area (Å²) in [7, 11) is 0. The Bertz CT molecular complexity index is 2350. The number of benzene rings is 4. The van der Waals surface area contributed by atoms with E-state index in [4.69, 9.17) is 9.47 Å². The summed E-state index contributed by atoms with van der Waals surface area (Å²) in [4.78, 5) is 91.1. The molecule has 16 nitrogen and oxygen atoms in total. The van der Waals surface area contributed by atoms with Crippen molar-refractivity contribution in [2.75, 3.05) is 11.4 Å².